The minimum Gasteiger partial charge on any atom is -0.481 e. The predicted octanol–water partition coefficient (Wildman–Crippen LogP) is 1.41. The van der Waals surface area contributed by atoms with Crippen molar-refractivity contribution in [2.24, 2.45) is 5.92 Å². The average Bonchev–Trinajstić information content (AvgIpc) is 2.81. The minimum atomic E-state index is -0.823. The zero-order chi connectivity index (χ0) is 15.4. The number of amides is 2. The highest BCUT2D eigenvalue weighted by molar-refractivity contribution is 6.02. The second kappa shape index (κ2) is 6.39. The molecule has 0 fully saturated rings. The Hall–Kier alpha value is -2.37. The van der Waals surface area contributed by atoms with Crippen LogP contribution in [0.25, 0.3) is 0 Å². The first-order chi connectivity index (χ1) is 9.97. The topological polar surface area (TPSA) is 95.5 Å². The maximum atomic E-state index is 12.0. The van der Waals surface area contributed by atoms with E-state index in [4.69, 9.17) is 5.11 Å². The Balaban J connectivity index is 1.83. The fourth-order valence-electron chi connectivity index (χ4n) is 2.19. The summed E-state index contributed by atoms with van der Waals surface area (Å²) >= 11 is 0. The molecule has 1 unspecified atom stereocenters. The summed E-state index contributed by atoms with van der Waals surface area (Å²) < 4.78 is 0. The zero-order valence-electron chi connectivity index (χ0n) is 11.8. The van der Waals surface area contributed by atoms with Gasteiger partial charge in [0.15, 0.2) is 0 Å². The number of rotatable bonds is 6. The molecule has 6 nitrogen and oxygen atoms in total. The van der Waals surface area contributed by atoms with E-state index in [0.717, 1.165) is 5.56 Å². The molecule has 1 aromatic rings. The number of hydrogen-bond donors (Lipinski definition) is 3. The van der Waals surface area contributed by atoms with Gasteiger partial charge in [0.05, 0.1) is 12.3 Å². The molecule has 0 saturated carbocycles. The molecule has 1 aliphatic rings. The molecule has 0 spiro atoms. The standard InChI is InChI=1S/C15H18N2O4/c1-9(15(20)21)3-2-6-16-14(19)11-5-4-10-8-13(18)17-12(10)7-11/h4-5,7,9H,2-3,6,8H2,1H3,(H,16,19)(H,17,18)(H,20,21). The van der Waals surface area contributed by atoms with Crippen LogP contribution in [0.5, 0.6) is 0 Å². The molecule has 0 saturated heterocycles. The molecule has 3 N–H and O–H groups in total. The molecular formula is C15H18N2O4. The highest BCUT2D eigenvalue weighted by atomic mass is 16.4. The second-order valence-electron chi connectivity index (χ2n) is 5.23. The molecule has 0 bridgehead atoms. The molecule has 1 aromatic carbocycles. The van der Waals surface area contributed by atoms with E-state index in [1.807, 2.05) is 0 Å². The zero-order valence-corrected chi connectivity index (χ0v) is 11.8. The average molecular weight is 290 g/mol. The summed E-state index contributed by atoms with van der Waals surface area (Å²) in [6.07, 6.45) is 1.49. The van der Waals surface area contributed by atoms with Gasteiger partial charge in [-0.3, -0.25) is 14.4 Å². The molecule has 112 valence electrons. The van der Waals surface area contributed by atoms with Gasteiger partial charge in [0.1, 0.15) is 0 Å². The fourth-order valence-corrected chi connectivity index (χ4v) is 2.19. The van der Waals surface area contributed by atoms with E-state index < -0.39 is 11.9 Å². The van der Waals surface area contributed by atoms with E-state index >= 15 is 0 Å². The molecule has 21 heavy (non-hydrogen) atoms. The normalized spacial score (nSPS) is 14.2. The quantitative estimate of drug-likeness (QED) is 0.690. The van der Waals surface area contributed by atoms with E-state index in [2.05, 4.69) is 10.6 Å². The number of carbonyl (C=O) groups is 3. The van der Waals surface area contributed by atoms with Crippen LogP contribution in [-0.4, -0.2) is 29.4 Å². The number of carbonyl (C=O) groups excluding carboxylic acids is 2. The summed E-state index contributed by atoms with van der Waals surface area (Å²) in [4.78, 5) is 33.9. The number of carboxylic acid groups (broad SMARTS) is 1. The van der Waals surface area contributed by atoms with Crippen LogP contribution in [0.1, 0.15) is 35.7 Å². The van der Waals surface area contributed by atoms with Crippen molar-refractivity contribution in [1.82, 2.24) is 5.32 Å². The first-order valence-corrected chi connectivity index (χ1v) is 6.91. The van der Waals surface area contributed by atoms with Crippen molar-refractivity contribution in [2.45, 2.75) is 26.2 Å². The van der Waals surface area contributed by atoms with Crippen molar-refractivity contribution in [3.63, 3.8) is 0 Å². The van der Waals surface area contributed by atoms with Gasteiger partial charge in [-0.2, -0.15) is 0 Å². The van der Waals surface area contributed by atoms with Crippen LogP contribution in [-0.2, 0) is 16.0 Å². The lowest BCUT2D eigenvalue weighted by molar-refractivity contribution is -0.141. The molecule has 2 rings (SSSR count). The van der Waals surface area contributed by atoms with Crippen molar-refractivity contribution < 1.29 is 19.5 Å². The minimum absolute atomic E-state index is 0.0646. The van der Waals surface area contributed by atoms with Crippen molar-refractivity contribution in [2.75, 3.05) is 11.9 Å². The highest BCUT2D eigenvalue weighted by Crippen LogP contribution is 2.23. The molecule has 1 aliphatic heterocycles. The third-order valence-electron chi connectivity index (χ3n) is 3.52. The molecule has 0 radical (unpaired) electrons. The van der Waals surface area contributed by atoms with Crippen molar-refractivity contribution in [3.8, 4) is 0 Å². The monoisotopic (exact) mass is 290 g/mol. The fraction of sp³-hybridized carbons (Fsp3) is 0.400. The van der Waals surface area contributed by atoms with E-state index in [-0.39, 0.29) is 11.8 Å². The van der Waals surface area contributed by atoms with Gasteiger partial charge in [-0.05, 0) is 30.5 Å². The Bertz CT molecular complexity index is 583. The largest absolute Gasteiger partial charge is 0.481 e. The van der Waals surface area contributed by atoms with Crippen LogP contribution in [0.3, 0.4) is 0 Å². The van der Waals surface area contributed by atoms with E-state index in [9.17, 15) is 14.4 Å². The first kappa shape index (κ1) is 15.0. The third kappa shape index (κ3) is 3.81. The van der Waals surface area contributed by atoms with Gasteiger partial charge in [0, 0.05) is 17.8 Å². The third-order valence-corrected chi connectivity index (χ3v) is 3.52. The lowest BCUT2D eigenvalue weighted by atomic mass is 10.1. The molecule has 6 heteroatoms. The van der Waals surface area contributed by atoms with Crippen LogP contribution in [0, 0.1) is 5.92 Å². The number of nitrogens with one attached hydrogen (secondary N) is 2. The summed E-state index contributed by atoms with van der Waals surface area (Å²) in [6.45, 7) is 2.08. The first-order valence-electron chi connectivity index (χ1n) is 6.91. The Morgan fingerprint density at radius 1 is 1.43 bits per heavy atom. The van der Waals surface area contributed by atoms with Crippen molar-refractivity contribution in [3.05, 3.63) is 29.3 Å². The van der Waals surface area contributed by atoms with Gasteiger partial charge in [-0.25, -0.2) is 0 Å². The SMILES string of the molecule is CC(CCCNC(=O)c1ccc2c(c1)NC(=O)C2)C(=O)O. The summed E-state index contributed by atoms with van der Waals surface area (Å²) in [7, 11) is 0. The maximum Gasteiger partial charge on any atom is 0.306 e. The Labute approximate surface area is 122 Å². The van der Waals surface area contributed by atoms with E-state index in [1.165, 1.54) is 0 Å². The summed E-state index contributed by atoms with van der Waals surface area (Å²) in [6, 6.07) is 5.12. The predicted molar refractivity (Wildman–Crippen MR) is 77.1 cm³/mol. The van der Waals surface area contributed by atoms with E-state index in [0.29, 0.717) is 37.1 Å². The lowest BCUT2D eigenvalue weighted by Gasteiger charge is -2.08. The van der Waals surface area contributed by atoms with Crippen LogP contribution >= 0.6 is 0 Å². The van der Waals surface area contributed by atoms with Gasteiger partial charge in [-0.1, -0.05) is 13.0 Å². The van der Waals surface area contributed by atoms with Crippen LogP contribution in [0.15, 0.2) is 18.2 Å². The Morgan fingerprint density at radius 2 is 2.19 bits per heavy atom. The number of aliphatic carboxylic acids is 1. The maximum absolute atomic E-state index is 12.0. The number of carboxylic acids is 1. The molecule has 0 aliphatic carbocycles. The van der Waals surface area contributed by atoms with Crippen molar-refractivity contribution in [1.29, 1.82) is 0 Å². The summed E-state index contributed by atoms with van der Waals surface area (Å²) in [5.41, 5.74) is 2.07. The number of fused-ring (bicyclic) bond motifs is 1. The molecule has 0 aromatic heterocycles. The van der Waals surface area contributed by atoms with Gasteiger partial charge >= 0.3 is 5.97 Å². The van der Waals surface area contributed by atoms with Crippen LogP contribution < -0.4 is 10.6 Å². The molecular weight excluding hydrogens is 272 g/mol. The van der Waals surface area contributed by atoms with Crippen LogP contribution in [0.4, 0.5) is 5.69 Å². The molecule has 2 amide bonds. The summed E-state index contributed by atoms with van der Waals surface area (Å²) in [5.74, 6) is -1.51. The van der Waals surface area contributed by atoms with Gasteiger partial charge in [0.25, 0.3) is 5.91 Å². The lowest BCUT2D eigenvalue weighted by Crippen LogP contribution is -2.25. The second-order valence-corrected chi connectivity index (χ2v) is 5.23. The van der Waals surface area contributed by atoms with Crippen LogP contribution in [0.2, 0.25) is 0 Å². The van der Waals surface area contributed by atoms with Gasteiger partial charge in [-0.15, -0.1) is 0 Å². The molecule has 1 atom stereocenters. The smallest absolute Gasteiger partial charge is 0.306 e. The number of hydrogen-bond acceptors (Lipinski definition) is 3. The van der Waals surface area contributed by atoms with E-state index in [1.54, 1.807) is 25.1 Å². The Morgan fingerprint density at radius 3 is 2.90 bits per heavy atom. The van der Waals surface area contributed by atoms with Gasteiger partial charge < -0.3 is 15.7 Å². The number of benzene rings is 1. The summed E-state index contributed by atoms with van der Waals surface area (Å²) in [5, 5.41) is 14.2. The Kier molecular flexibility index (Phi) is 4.57. The number of anilines is 1. The highest BCUT2D eigenvalue weighted by Gasteiger charge is 2.19. The molecule has 1 heterocycles. The van der Waals surface area contributed by atoms with Crippen molar-refractivity contribution >= 4 is 23.5 Å². The van der Waals surface area contributed by atoms with Gasteiger partial charge in [0.2, 0.25) is 5.91 Å².